The number of methoxy groups -OCH3 is 1. The molecule has 3 aliphatic rings. The van der Waals surface area contributed by atoms with Crippen molar-refractivity contribution in [1.29, 1.82) is 0 Å². The van der Waals surface area contributed by atoms with Gasteiger partial charge in [-0.05, 0) is 117 Å². The molecule has 2 aliphatic heterocycles. The number of aromatic nitrogens is 2. The van der Waals surface area contributed by atoms with E-state index in [9.17, 15) is 18.9 Å². The number of ether oxygens (including phenoxy) is 2. The molecule has 12 heteroatoms. The molecule has 2 aromatic carbocycles. The molecule has 4 heterocycles. The Balaban J connectivity index is 1.39. The van der Waals surface area contributed by atoms with Gasteiger partial charge in [0.15, 0.2) is 0 Å². The maximum absolute atomic E-state index is 14.1. The number of hydrogen-bond acceptors (Lipinski definition) is 8. The first-order chi connectivity index (χ1) is 25.4. The lowest BCUT2D eigenvalue weighted by Gasteiger charge is -2.35. The number of esters is 1. The molecule has 1 aliphatic carbocycles. The van der Waals surface area contributed by atoms with Gasteiger partial charge in [-0.1, -0.05) is 26.0 Å². The Bertz CT molecular complexity index is 2040. The SMILES string of the molecule is CCn1c(-c2cccnc2C(C)OC)c2c3cc(ccc31)-c1cc(O)cc(c1)CC(NS(=O)CC1CC1)C(=O)N1CCC[C@H](N1)C(=O)OCC(C)(C)C2. The van der Waals surface area contributed by atoms with Crippen LogP contribution in [0.25, 0.3) is 33.3 Å². The summed E-state index contributed by atoms with van der Waals surface area (Å²) in [5.41, 5.74) is 10.2. The van der Waals surface area contributed by atoms with Crippen molar-refractivity contribution in [3.8, 4) is 28.1 Å². The van der Waals surface area contributed by atoms with Gasteiger partial charge in [0.25, 0.3) is 5.91 Å². The molecule has 11 nitrogen and oxygen atoms in total. The quantitative estimate of drug-likeness (QED) is 0.187. The largest absolute Gasteiger partial charge is 0.508 e. The van der Waals surface area contributed by atoms with Crippen LogP contribution >= 0.6 is 0 Å². The third-order valence-corrected chi connectivity index (χ3v) is 12.0. The monoisotopic (exact) mass is 741 g/mol. The number of hydrazine groups is 1. The first kappa shape index (κ1) is 37.2. The molecule has 53 heavy (non-hydrogen) atoms. The van der Waals surface area contributed by atoms with Crippen molar-refractivity contribution >= 4 is 33.8 Å². The predicted molar refractivity (Wildman–Crippen MR) is 206 cm³/mol. The molecule has 3 unspecified atom stereocenters. The number of rotatable bonds is 8. The third kappa shape index (κ3) is 8.06. The zero-order valence-corrected chi connectivity index (χ0v) is 32.1. The van der Waals surface area contributed by atoms with Crippen LogP contribution in [0, 0.1) is 11.3 Å². The summed E-state index contributed by atoms with van der Waals surface area (Å²) in [6.45, 7) is 9.63. The number of nitrogens with one attached hydrogen (secondary N) is 2. The molecule has 4 atom stereocenters. The molecule has 7 rings (SSSR count). The molecule has 1 saturated carbocycles. The smallest absolute Gasteiger partial charge is 0.324 e. The molecule has 0 spiro atoms. The fourth-order valence-corrected chi connectivity index (χ4v) is 9.11. The summed E-state index contributed by atoms with van der Waals surface area (Å²) >= 11 is 0. The minimum atomic E-state index is -1.42. The molecule has 1 amide bonds. The highest BCUT2D eigenvalue weighted by molar-refractivity contribution is 7.83. The van der Waals surface area contributed by atoms with Gasteiger partial charge in [-0.2, -0.15) is 0 Å². The maximum Gasteiger partial charge on any atom is 0.324 e. The molecule has 1 saturated heterocycles. The number of cyclic esters (lactones) is 1. The Morgan fingerprint density at radius 3 is 2.70 bits per heavy atom. The van der Waals surface area contributed by atoms with E-state index in [4.69, 9.17) is 14.5 Å². The zero-order chi connectivity index (χ0) is 37.4. The number of aryl methyl sites for hydroxylation is 1. The van der Waals surface area contributed by atoms with Crippen molar-refractivity contribution < 1.29 is 28.4 Å². The normalized spacial score (nSPS) is 21.9. The topological polar surface area (TPSA) is 135 Å². The van der Waals surface area contributed by atoms with E-state index in [1.54, 1.807) is 25.4 Å². The Morgan fingerprint density at radius 2 is 1.94 bits per heavy atom. The molecule has 282 valence electrons. The Morgan fingerprint density at radius 1 is 1.13 bits per heavy atom. The second-order valence-corrected chi connectivity index (χ2v) is 16.9. The predicted octanol–water partition coefficient (Wildman–Crippen LogP) is 6.00. The molecular formula is C41H51N5O6S. The lowest BCUT2D eigenvalue weighted by Crippen LogP contribution is -2.60. The Kier molecular flexibility index (Phi) is 10.8. The highest BCUT2D eigenvalue weighted by atomic mass is 32.2. The first-order valence-corrected chi connectivity index (χ1v) is 20.1. The second-order valence-electron chi connectivity index (χ2n) is 15.6. The summed E-state index contributed by atoms with van der Waals surface area (Å²) in [6, 6.07) is 14.3. The van der Waals surface area contributed by atoms with Crippen molar-refractivity contribution in [3.63, 3.8) is 0 Å². The van der Waals surface area contributed by atoms with Gasteiger partial charge in [0.05, 0.1) is 35.1 Å². The lowest BCUT2D eigenvalue weighted by molar-refractivity contribution is -0.155. The Hall–Kier alpha value is -4.10. The van der Waals surface area contributed by atoms with Crippen molar-refractivity contribution in [1.82, 2.24) is 24.7 Å². The summed E-state index contributed by atoms with van der Waals surface area (Å²) in [4.78, 5) is 32.5. The van der Waals surface area contributed by atoms with Crippen molar-refractivity contribution in [2.45, 2.75) is 91.0 Å². The van der Waals surface area contributed by atoms with Gasteiger partial charge in [0.1, 0.15) is 17.8 Å². The van der Waals surface area contributed by atoms with E-state index < -0.39 is 34.5 Å². The van der Waals surface area contributed by atoms with Gasteiger partial charge in [-0.25, -0.2) is 14.4 Å². The second kappa shape index (κ2) is 15.3. The first-order valence-electron chi connectivity index (χ1n) is 18.8. The van der Waals surface area contributed by atoms with Crippen LogP contribution in [0.1, 0.15) is 76.3 Å². The van der Waals surface area contributed by atoms with Crippen LogP contribution in [0.3, 0.4) is 0 Å². The average Bonchev–Trinajstić information content (AvgIpc) is 3.92. The number of pyridine rings is 1. The van der Waals surface area contributed by atoms with Crippen LogP contribution in [0.4, 0.5) is 0 Å². The standard InChI is InChI=1S/C41H51N5O6S/c1-6-45-36-14-13-28-21-32(36)33(38(45)31-9-7-15-42-37(31)25(2)51-5)22-41(3,4)24-52-40(49)34-10-8-16-46(43-34)39(48)35(44-53(50)23-26-11-12-26)19-27-17-29(28)20-30(47)18-27/h7,9,13-15,17-18,20-21,25-26,34-35,43-44,47H,6,8,10-12,16,19,22-24H2,1-5H3/t25?,34-,35?,53?/m0/s1. The van der Waals surface area contributed by atoms with Crippen LogP contribution in [-0.2, 0) is 49.4 Å². The number of amides is 1. The summed E-state index contributed by atoms with van der Waals surface area (Å²) in [7, 11) is 0.269. The highest BCUT2D eigenvalue weighted by Gasteiger charge is 2.36. The van der Waals surface area contributed by atoms with E-state index in [2.05, 4.69) is 59.8 Å². The third-order valence-electron chi connectivity index (χ3n) is 10.7. The minimum absolute atomic E-state index is 0.0814. The molecule has 6 bridgehead atoms. The van der Waals surface area contributed by atoms with E-state index in [0.717, 1.165) is 62.9 Å². The molecule has 3 N–H and O–H groups in total. The van der Waals surface area contributed by atoms with E-state index in [0.29, 0.717) is 44.0 Å². The summed E-state index contributed by atoms with van der Waals surface area (Å²) in [6.07, 6.45) is 5.58. The zero-order valence-electron chi connectivity index (χ0n) is 31.3. The molecular weight excluding hydrogens is 691 g/mol. The number of hydrogen-bond donors (Lipinski definition) is 3. The molecule has 4 aromatic rings. The number of carbonyl (C=O) groups is 2. The van der Waals surface area contributed by atoms with Crippen LogP contribution in [-0.4, -0.2) is 73.8 Å². The van der Waals surface area contributed by atoms with Gasteiger partial charge in [-0.15, -0.1) is 0 Å². The van der Waals surface area contributed by atoms with Crippen molar-refractivity contribution in [2.24, 2.45) is 11.3 Å². The van der Waals surface area contributed by atoms with Crippen molar-refractivity contribution in [3.05, 3.63) is 71.5 Å². The van der Waals surface area contributed by atoms with Gasteiger partial charge in [0.2, 0.25) is 0 Å². The number of phenolic OH excluding ortho intramolecular Hbond substituents is 1. The van der Waals surface area contributed by atoms with Crippen LogP contribution in [0.2, 0.25) is 0 Å². The van der Waals surface area contributed by atoms with E-state index >= 15 is 0 Å². The lowest BCUT2D eigenvalue weighted by atomic mass is 9.84. The van der Waals surface area contributed by atoms with Gasteiger partial charge in [0, 0.05) is 54.0 Å². The fourth-order valence-electron chi connectivity index (χ4n) is 7.75. The van der Waals surface area contributed by atoms with Crippen LogP contribution in [0.15, 0.2) is 54.7 Å². The van der Waals surface area contributed by atoms with E-state index in [-0.39, 0.29) is 30.8 Å². The minimum Gasteiger partial charge on any atom is -0.508 e. The Labute approximate surface area is 314 Å². The van der Waals surface area contributed by atoms with E-state index in [1.165, 1.54) is 5.01 Å². The number of aromatic hydroxyl groups is 1. The molecule has 0 radical (unpaired) electrons. The van der Waals surface area contributed by atoms with Crippen LogP contribution in [0.5, 0.6) is 5.75 Å². The maximum atomic E-state index is 14.1. The van der Waals surface area contributed by atoms with Gasteiger partial charge < -0.3 is 19.1 Å². The number of benzene rings is 2. The highest BCUT2D eigenvalue weighted by Crippen LogP contribution is 2.42. The number of carbonyl (C=O) groups excluding carboxylic acids is 2. The number of nitrogens with zero attached hydrogens (tertiary/aromatic N) is 3. The summed E-state index contributed by atoms with van der Waals surface area (Å²) in [5.74, 6) is 0.267. The van der Waals surface area contributed by atoms with Gasteiger partial charge in [-0.3, -0.25) is 19.6 Å². The van der Waals surface area contributed by atoms with Crippen molar-refractivity contribution in [2.75, 3.05) is 26.0 Å². The number of fused-ring (bicyclic) bond motifs is 6. The van der Waals surface area contributed by atoms with E-state index in [1.807, 2.05) is 19.1 Å². The fraction of sp³-hybridized carbons (Fsp3) is 0.488. The molecule has 2 fully saturated rings. The number of phenols is 1. The average molecular weight is 742 g/mol. The summed E-state index contributed by atoms with van der Waals surface area (Å²) < 4.78 is 30.5. The molecule has 2 aromatic heterocycles. The van der Waals surface area contributed by atoms with Gasteiger partial charge >= 0.3 is 5.97 Å². The summed E-state index contributed by atoms with van der Waals surface area (Å²) in [5, 5.41) is 13.6. The van der Waals surface area contributed by atoms with Crippen LogP contribution < -0.4 is 10.1 Å².